The van der Waals surface area contributed by atoms with Crippen LogP contribution < -0.4 is 5.32 Å². The van der Waals surface area contributed by atoms with Crippen molar-refractivity contribution >= 4 is 17.7 Å². The van der Waals surface area contributed by atoms with Gasteiger partial charge in [0.15, 0.2) is 0 Å². The van der Waals surface area contributed by atoms with E-state index in [0.717, 1.165) is 19.3 Å². The van der Waals surface area contributed by atoms with Crippen molar-refractivity contribution < 1.29 is 24.5 Å². The minimum atomic E-state index is -1.22. The monoisotopic (exact) mass is 435 g/mol. The Labute approximate surface area is 187 Å². The molecule has 6 heteroatoms. The molecule has 0 saturated carbocycles. The third-order valence-corrected chi connectivity index (χ3v) is 5.46. The van der Waals surface area contributed by atoms with Gasteiger partial charge in [-0.05, 0) is 18.6 Å². The summed E-state index contributed by atoms with van der Waals surface area (Å²) < 4.78 is 5.13. The largest absolute Gasteiger partial charge is 0.507 e. The second-order valence-electron chi connectivity index (χ2n) is 8.25. The van der Waals surface area contributed by atoms with E-state index in [1.54, 1.807) is 0 Å². The van der Waals surface area contributed by atoms with Crippen LogP contribution >= 0.6 is 0 Å². The lowest BCUT2D eigenvalue weighted by molar-refractivity contribution is 0.0693. The van der Waals surface area contributed by atoms with Crippen LogP contribution in [0.3, 0.4) is 0 Å². The lowest BCUT2D eigenvalue weighted by Crippen LogP contribution is -2.14. The molecule has 1 rings (SSSR count). The van der Waals surface area contributed by atoms with Gasteiger partial charge in [-0.25, -0.2) is 9.59 Å². The summed E-state index contributed by atoms with van der Waals surface area (Å²) >= 11 is 0. The van der Waals surface area contributed by atoms with Gasteiger partial charge >= 0.3 is 12.1 Å². The van der Waals surface area contributed by atoms with E-state index in [-0.39, 0.29) is 5.56 Å². The number of hydrogen-bond donors (Lipinski definition) is 3. The zero-order chi connectivity index (χ0) is 22.7. The number of carboxylic acid groups (broad SMARTS) is 1. The highest BCUT2D eigenvalue weighted by Gasteiger charge is 2.11. The molecule has 3 N–H and O–H groups in total. The second kappa shape index (κ2) is 17.4. The molecule has 0 radical (unpaired) electrons. The number of unbranched alkanes of at least 4 members (excludes halogenated alkanes) is 14. The predicted octanol–water partition coefficient (Wildman–Crippen LogP) is 7.51. The van der Waals surface area contributed by atoms with E-state index in [4.69, 9.17) is 9.84 Å². The molecular formula is C25H41NO5. The molecule has 0 bridgehead atoms. The summed E-state index contributed by atoms with van der Waals surface area (Å²) in [4.78, 5) is 22.6. The molecule has 31 heavy (non-hydrogen) atoms. The van der Waals surface area contributed by atoms with E-state index >= 15 is 0 Å². The van der Waals surface area contributed by atoms with Crippen LogP contribution in [0, 0.1) is 0 Å². The molecule has 0 aliphatic carbocycles. The molecule has 0 atom stereocenters. The number of hydrogen-bond acceptors (Lipinski definition) is 4. The van der Waals surface area contributed by atoms with Gasteiger partial charge in [0, 0.05) is 11.8 Å². The molecular weight excluding hydrogens is 394 g/mol. The van der Waals surface area contributed by atoms with Crippen molar-refractivity contribution in [3.63, 3.8) is 0 Å². The molecule has 6 nitrogen and oxygen atoms in total. The first-order valence-electron chi connectivity index (χ1n) is 12.0. The zero-order valence-corrected chi connectivity index (χ0v) is 19.2. The van der Waals surface area contributed by atoms with Gasteiger partial charge in [-0.3, -0.25) is 5.32 Å². The summed E-state index contributed by atoms with van der Waals surface area (Å²) in [6, 6.07) is 3.85. The number of carbonyl (C=O) groups is 2. The van der Waals surface area contributed by atoms with Gasteiger partial charge in [0.05, 0.1) is 6.61 Å². The van der Waals surface area contributed by atoms with E-state index in [0.29, 0.717) is 12.3 Å². The van der Waals surface area contributed by atoms with E-state index in [9.17, 15) is 14.7 Å². The third kappa shape index (κ3) is 13.6. The van der Waals surface area contributed by atoms with Crippen LogP contribution in [-0.2, 0) is 4.74 Å². The standard InChI is InChI=1S/C25H41NO5/c1-2-3-4-5-6-7-8-9-10-11-12-13-14-15-16-19-31-25(30)26-21-17-18-22(24(28)29)23(27)20-21/h17-18,20,27H,2-16,19H2,1H3,(H,26,30)(H,28,29). The number of carboxylic acids is 1. The topological polar surface area (TPSA) is 95.9 Å². The van der Waals surface area contributed by atoms with Crippen LogP contribution in [0.2, 0.25) is 0 Å². The highest BCUT2D eigenvalue weighted by Crippen LogP contribution is 2.22. The minimum Gasteiger partial charge on any atom is -0.507 e. The first kappa shape index (κ1) is 26.8. The quantitative estimate of drug-likeness (QED) is 0.207. The molecule has 0 aliphatic heterocycles. The molecule has 1 amide bonds. The SMILES string of the molecule is CCCCCCCCCCCCCCCCCOC(=O)Nc1ccc(C(=O)O)c(O)c1. The summed E-state index contributed by atoms with van der Waals surface area (Å²) in [6.45, 7) is 2.61. The fraction of sp³-hybridized carbons (Fsp3) is 0.680. The average Bonchev–Trinajstić information content (AvgIpc) is 2.73. The van der Waals surface area contributed by atoms with E-state index in [1.807, 2.05) is 0 Å². The van der Waals surface area contributed by atoms with Crippen molar-refractivity contribution in [2.24, 2.45) is 0 Å². The Bertz CT molecular complexity index is 632. The first-order valence-corrected chi connectivity index (χ1v) is 12.0. The van der Waals surface area contributed by atoms with Crippen LogP contribution in [0.1, 0.15) is 114 Å². The van der Waals surface area contributed by atoms with Crippen molar-refractivity contribution in [1.82, 2.24) is 0 Å². The summed E-state index contributed by atoms with van der Waals surface area (Å²) in [5, 5.41) is 21.0. The van der Waals surface area contributed by atoms with Crippen molar-refractivity contribution in [3.05, 3.63) is 23.8 Å². The first-order chi connectivity index (χ1) is 15.0. The molecule has 176 valence electrons. The second-order valence-corrected chi connectivity index (χ2v) is 8.25. The Kier molecular flexibility index (Phi) is 15.1. The van der Waals surface area contributed by atoms with Gasteiger partial charge in [-0.15, -0.1) is 0 Å². The zero-order valence-electron chi connectivity index (χ0n) is 19.2. The molecule has 0 fully saturated rings. The Morgan fingerprint density at radius 3 is 1.74 bits per heavy atom. The van der Waals surface area contributed by atoms with Gasteiger partial charge in [0.2, 0.25) is 0 Å². The molecule has 0 aliphatic rings. The number of aromatic hydroxyl groups is 1. The molecule has 1 aromatic rings. The fourth-order valence-corrected chi connectivity index (χ4v) is 3.58. The molecule has 0 spiro atoms. The summed E-state index contributed by atoms with van der Waals surface area (Å²) in [5.41, 5.74) is 0.0840. The number of benzene rings is 1. The maximum Gasteiger partial charge on any atom is 0.411 e. The van der Waals surface area contributed by atoms with E-state index < -0.39 is 17.8 Å². The molecule has 1 aromatic carbocycles. The fourth-order valence-electron chi connectivity index (χ4n) is 3.58. The van der Waals surface area contributed by atoms with Gasteiger partial charge in [0.1, 0.15) is 11.3 Å². The van der Waals surface area contributed by atoms with Gasteiger partial charge in [-0.1, -0.05) is 96.8 Å². The Morgan fingerprint density at radius 2 is 1.29 bits per heavy atom. The van der Waals surface area contributed by atoms with Crippen molar-refractivity contribution in [3.8, 4) is 5.75 Å². The van der Waals surface area contributed by atoms with Crippen molar-refractivity contribution in [1.29, 1.82) is 0 Å². The van der Waals surface area contributed by atoms with Crippen LogP contribution in [0.4, 0.5) is 10.5 Å². The van der Waals surface area contributed by atoms with E-state index in [1.165, 1.54) is 95.2 Å². The smallest absolute Gasteiger partial charge is 0.411 e. The molecule has 0 heterocycles. The third-order valence-electron chi connectivity index (χ3n) is 5.46. The summed E-state index contributed by atoms with van der Waals surface area (Å²) in [7, 11) is 0. The number of carbonyl (C=O) groups excluding carboxylic acids is 1. The molecule has 0 unspecified atom stereocenters. The highest BCUT2D eigenvalue weighted by molar-refractivity contribution is 5.92. The summed E-state index contributed by atoms with van der Waals surface area (Å²) in [6.07, 6.45) is 18.7. The number of phenols is 1. The number of rotatable bonds is 18. The lowest BCUT2D eigenvalue weighted by atomic mass is 10.0. The van der Waals surface area contributed by atoms with E-state index in [2.05, 4.69) is 12.2 Å². The van der Waals surface area contributed by atoms with Crippen LogP contribution in [-0.4, -0.2) is 28.9 Å². The highest BCUT2D eigenvalue weighted by atomic mass is 16.5. The lowest BCUT2D eigenvalue weighted by Gasteiger charge is -2.08. The maximum atomic E-state index is 11.8. The van der Waals surface area contributed by atoms with Crippen LogP contribution in [0.25, 0.3) is 0 Å². The Hall–Kier alpha value is -2.24. The summed E-state index contributed by atoms with van der Waals surface area (Å²) in [5.74, 6) is -1.62. The minimum absolute atomic E-state index is 0.211. The number of nitrogens with one attached hydrogen (secondary N) is 1. The Morgan fingerprint density at radius 1 is 0.806 bits per heavy atom. The van der Waals surface area contributed by atoms with Gasteiger partial charge in [0.25, 0.3) is 0 Å². The van der Waals surface area contributed by atoms with Gasteiger partial charge in [-0.2, -0.15) is 0 Å². The van der Waals surface area contributed by atoms with Crippen LogP contribution in [0.15, 0.2) is 18.2 Å². The predicted molar refractivity (Wildman–Crippen MR) is 125 cm³/mol. The van der Waals surface area contributed by atoms with Gasteiger partial charge < -0.3 is 14.9 Å². The molecule has 0 aromatic heterocycles. The van der Waals surface area contributed by atoms with Crippen molar-refractivity contribution in [2.45, 2.75) is 103 Å². The Balaban J connectivity index is 1.91. The average molecular weight is 436 g/mol. The normalized spacial score (nSPS) is 10.7. The number of ether oxygens (including phenoxy) is 1. The van der Waals surface area contributed by atoms with Crippen molar-refractivity contribution in [2.75, 3.05) is 11.9 Å². The number of aromatic carboxylic acids is 1. The maximum absolute atomic E-state index is 11.8. The van der Waals surface area contributed by atoms with Crippen LogP contribution in [0.5, 0.6) is 5.75 Å². The number of amides is 1. The number of anilines is 1. The molecule has 0 saturated heterocycles.